The van der Waals surface area contributed by atoms with Crippen LogP contribution in [0.25, 0.3) is 17.0 Å². The number of ether oxygens (including phenoxy) is 1. The number of hydrogen-bond donors (Lipinski definition) is 0. The number of amides is 1. The van der Waals surface area contributed by atoms with Gasteiger partial charge in [0.2, 0.25) is 0 Å². The van der Waals surface area contributed by atoms with Crippen molar-refractivity contribution in [2.45, 2.75) is 6.54 Å². The average molecular weight is 448 g/mol. The van der Waals surface area contributed by atoms with Crippen molar-refractivity contribution in [3.63, 3.8) is 0 Å². The number of anilines is 1. The third-order valence-electron chi connectivity index (χ3n) is 5.39. The summed E-state index contributed by atoms with van der Waals surface area (Å²) in [7, 11) is 0. The Morgan fingerprint density at radius 3 is 2.61 bits per heavy atom. The topological polar surface area (TPSA) is 45.7 Å². The van der Waals surface area contributed by atoms with Crippen LogP contribution in [0.1, 0.15) is 11.1 Å². The lowest BCUT2D eigenvalue weighted by Crippen LogP contribution is -2.37. The molecule has 5 nitrogen and oxygen atoms in total. The van der Waals surface area contributed by atoms with Crippen LogP contribution in [0.5, 0.6) is 0 Å². The van der Waals surface area contributed by atoms with Crippen molar-refractivity contribution in [2.75, 3.05) is 31.2 Å². The van der Waals surface area contributed by atoms with E-state index in [0.29, 0.717) is 29.0 Å². The van der Waals surface area contributed by atoms with E-state index in [1.807, 2.05) is 60.7 Å². The second-order valence-electron chi connectivity index (χ2n) is 7.45. The fourth-order valence-electron chi connectivity index (χ4n) is 3.80. The Balaban J connectivity index is 1.51. The van der Waals surface area contributed by atoms with Crippen LogP contribution in [0.2, 0.25) is 0 Å². The van der Waals surface area contributed by atoms with Crippen molar-refractivity contribution < 1.29 is 9.53 Å². The van der Waals surface area contributed by atoms with Gasteiger partial charge in [0.05, 0.1) is 30.2 Å². The molecule has 0 N–H and O–H groups in total. The summed E-state index contributed by atoms with van der Waals surface area (Å²) >= 11 is 6.88. The minimum absolute atomic E-state index is 0.0556. The zero-order chi connectivity index (χ0) is 21.2. The number of hydrogen-bond acceptors (Lipinski definition) is 6. The molecule has 2 saturated heterocycles. The maximum absolute atomic E-state index is 13.2. The van der Waals surface area contributed by atoms with Crippen LogP contribution < -0.4 is 4.90 Å². The molecule has 1 aromatic heterocycles. The molecule has 0 unspecified atom stereocenters. The van der Waals surface area contributed by atoms with Gasteiger partial charge in [-0.25, -0.2) is 4.98 Å². The summed E-state index contributed by atoms with van der Waals surface area (Å²) in [6.07, 6.45) is 1.94. The zero-order valence-corrected chi connectivity index (χ0v) is 18.5. The highest BCUT2D eigenvalue weighted by molar-refractivity contribution is 8.26. The van der Waals surface area contributed by atoms with E-state index in [9.17, 15) is 4.79 Å². The van der Waals surface area contributed by atoms with Gasteiger partial charge in [0.1, 0.15) is 10.1 Å². The molecule has 3 heterocycles. The van der Waals surface area contributed by atoms with Gasteiger partial charge >= 0.3 is 0 Å². The molecule has 3 aromatic rings. The van der Waals surface area contributed by atoms with Crippen LogP contribution in [0.15, 0.2) is 65.6 Å². The molecule has 0 radical (unpaired) electrons. The number of benzene rings is 2. The van der Waals surface area contributed by atoms with Crippen LogP contribution in [0.4, 0.5) is 5.82 Å². The number of rotatable bonds is 4. The first kappa shape index (κ1) is 20.2. The number of fused-ring (bicyclic) bond motifs is 1. The van der Waals surface area contributed by atoms with Gasteiger partial charge in [-0.3, -0.25) is 9.69 Å². The van der Waals surface area contributed by atoms with E-state index < -0.39 is 0 Å². The number of morpholine rings is 1. The molecule has 2 aliphatic heterocycles. The van der Waals surface area contributed by atoms with Crippen LogP contribution in [-0.4, -0.2) is 46.4 Å². The second kappa shape index (κ2) is 8.78. The van der Waals surface area contributed by atoms with Gasteiger partial charge in [-0.1, -0.05) is 72.5 Å². The number of carbonyl (C=O) groups is 1. The predicted octanol–water partition coefficient (Wildman–Crippen LogP) is 4.47. The summed E-state index contributed by atoms with van der Waals surface area (Å²) in [6.45, 7) is 3.39. The number of aromatic nitrogens is 1. The summed E-state index contributed by atoms with van der Waals surface area (Å²) < 4.78 is 6.10. The van der Waals surface area contributed by atoms with E-state index in [2.05, 4.69) is 11.0 Å². The Hall–Kier alpha value is -2.74. The molecule has 7 heteroatoms. The van der Waals surface area contributed by atoms with E-state index in [4.69, 9.17) is 21.9 Å². The molecule has 0 atom stereocenters. The predicted molar refractivity (Wildman–Crippen MR) is 130 cm³/mol. The fraction of sp³-hybridized carbons (Fsp3) is 0.208. The van der Waals surface area contributed by atoms with Crippen molar-refractivity contribution in [1.82, 2.24) is 9.88 Å². The second-order valence-corrected chi connectivity index (χ2v) is 9.12. The van der Waals surface area contributed by atoms with Crippen LogP contribution in [0.3, 0.4) is 0 Å². The maximum atomic E-state index is 13.2. The largest absolute Gasteiger partial charge is 0.378 e. The van der Waals surface area contributed by atoms with Crippen LogP contribution in [-0.2, 0) is 16.1 Å². The van der Waals surface area contributed by atoms with E-state index in [-0.39, 0.29) is 5.91 Å². The first-order valence-corrected chi connectivity index (χ1v) is 11.4. The molecule has 2 aromatic carbocycles. The fourth-order valence-corrected chi connectivity index (χ4v) is 5.05. The van der Waals surface area contributed by atoms with Gasteiger partial charge in [-0.05, 0) is 23.8 Å². The smallest absolute Gasteiger partial charge is 0.266 e. The molecule has 2 fully saturated rings. The Kier molecular flexibility index (Phi) is 5.72. The third kappa shape index (κ3) is 4.21. The monoisotopic (exact) mass is 447 g/mol. The average Bonchev–Trinajstić information content (AvgIpc) is 3.07. The molecule has 0 aliphatic carbocycles. The number of nitrogens with zero attached hydrogens (tertiary/aromatic N) is 3. The van der Waals surface area contributed by atoms with Crippen molar-refractivity contribution in [1.29, 1.82) is 0 Å². The van der Waals surface area contributed by atoms with Crippen LogP contribution >= 0.6 is 24.0 Å². The first-order valence-electron chi connectivity index (χ1n) is 10.2. The number of para-hydroxylation sites is 1. The molecule has 31 heavy (non-hydrogen) atoms. The molecule has 2 aliphatic rings. The third-order valence-corrected chi connectivity index (χ3v) is 6.76. The number of pyridine rings is 1. The van der Waals surface area contributed by atoms with Crippen LogP contribution in [0, 0.1) is 0 Å². The molecular weight excluding hydrogens is 426 g/mol. The van der Waals surface area contributed by atoms with Gasteiger partial charge in [0.15, 0.2) is 0 Å². The minimum Gasteiger partial charge on any atom is -0.378 e. The molecule has 0 spiro atoms. The Labute approximate surface area is 190 Å². The Morgan fingerprint density at radius 1 is 1.06 bits per heavy atom. The van der Waals surface area contributed by atoms with Crippen molar-refractivity contribution in [3.8, 4) is 0 Å². The molecule has 0 bridgehead atoms. The van der Waals surface area contributed by atoms with Crippen molar-refractivity contribution in [2.24, 2.45) is 0 Å². The molecule has 1 amide bonds. The highest BCUT2D eigenvalue weighted by atomic mass is 32.2. The summed E-state index contributed by atoms with van der Waals surface area (Å²) in [4.78, 5) is 22.6. The van der Waals surface area contributed by atoms with Crippen molar-refractivity contribution >= 4 is 57.0 Å². The quantitative estimate of drug-likeness (QED) is 0.434. The standard InChI is InChI=1S/C24H21N3O2S2/c28-23-21(31-24(30)27(23)16-17-6-2-1-3-7-17)15-19-14-18-8-4-5-9-20(18)25-22(19)26-10-12-29-13-11-26/h1-9,14-15H,10-13,16H2/b21-15+. The van der Waals surface area contributed by atoms with E-state index in [1.54, 1.807) is 4.90 Å². The Morgan fingerprint density at radius 2 is 1.81 bits per heavy atom. The number of thioether (sulfide) groups is 1. The highest BCUT2D eigenvalue weighted by Crippen LogP contribution is 2.36. The molecule has 156 valence electrons. The molecule has 0 saturated carbocycles. The summed E-state index contributed by atoms with van der Waals surface area (Å²) in [5.74, 6) is 0.829. The van der Waals surface area contributed by atoms with E-state index >= 15 is 0 Å². The Bertz CT molecular complexity index is 1170. The van der Waals surface area contributed by atoms with Gasteiger partial charge < -0.3 is 9.64 Å². The lowest BCUT2D eigenvalue weighted by atomic mass is 10.1. The van der Waals surface area contributed by atoms with Gasteiger partial charge in [-0.15, -0.1) is 0 Å². The summed E-state index contributed by atoms with van der Waals surface area (Å²) in [5, 5.41) is 1.05. The van der Waals surface area contributed by atoms with Gasteiger partial charge in [-0.2, -0.15) is 0 Å². The minimum atomic E-state index is -0.0556. The number of thiocarbonyl (C=S) groups is 1. The summed E-state index contributed by atoms with van der Waals surface area (Å²) in [6, 6.07) is 20.1. The first-order chi connectivity index (χ1) is 15.2. The SMILES string of the molecule is O=C1/C(=C\c2cc3ccccc3nc2N2CCOCC2)SC(=S)N1Cc1ccccc1. The van der Waals surface area contributed by atoms with Gasteiger partial charge in [0, 0.05) is 24.0 Å². The maximum Gasteiger partial charge on any atom is 0.266 e. The lowest BCUT2D eigenvalue weighted by molar-refractivity contribution is -0.122. The van der Waals surface area contributed by atoms with E-state index in [1.165, 1.54) is 11.8 Å². The zero-order valence-electron chi connectivity index (χ0n) is 16.9. The summed E-state index contributed by atoms with van der Waals surface area (Å²) in [5.41, 5.74) is 2.93. The highest BCUT2D eigenvalue weighted by Gasteiger charge is 2.32. The van der Waals surface area contributed by atoms with Crippen molar-refractivity contribution in [3.05, 3.63) is 76.7 Å². The molecule has 5 rings (SSSR count). The number of carbonyl (C=O) groups excluding carboxylic acids is 1. The normalized spacial score (nSPS) is 18.4. The lowest BCUT2D eigenvalue weighted by Gasteiger charge is -2.29. The van der Waals surface area contributed by atoms with Gasteiger partial charge in [0.25, 0.3) is 5.91 Å². The molecular formula is C24H21N3O2S2. The van der Waals surface area contributed by atoms with E-state index in [0.717, 1.165) is 40.9 Å².